The number of carbonyl (C=O) groups excluding carboxylic acids is 1. The summed E-state index contributed by atoms with van der Waals surface area (Å²) in [6.45, 7) is 3.74. The van der Waals surface area contributed by atoms with Crippen LogP contribution < -0.4 is 4.74 Å². The zero-order chi connectivity index (χ0) is 18.4. The summed E-state index contributed by atoms with van der Waals surface area (Å²) in [7, 11) is 0. The maximum atomic E-state index is 12.9. The molecule has 0 atom stereocenters. The van der Waals surface area contributed by atoms with Crippen LogP contribution in [0.2, 0.25) is 0 Å². The SMILES string of the molecule is C=CCCc1ccc(-c2ccc(C(=O)Oc3ccc(F)cc3)cc2)cc1. The number of esters is 1. The number of ether oxygens (including phenoxy) is 1. The van der Waals surface area contributed by atoms with Gasteiger partial charge in [0.05, 0.1) is 5.56 Å². The zero-order valence-electron chi connectivity index (χ0n) is 14.3. The summed E-state index contributed by atoms with van der Waals surface area (Å²) in [5.74, 6) is -0.525. The second-order valence-electron chi connectivity index (χ2n) is 5.95. The normalized spacial score (nSPS) is 10.3. The highest BCUT2D eigenvalue weighted by Crippen LogP contribution is 2.22. The molecule has 130 valence electrons. The third-order valence-corrected chi connectivity index (χ3v) is 4.07. The van der Waals surface area contributed by atoms with Gasteiger partial charge in [0, 0.05) is 0 Å². The second-order valence-corrected chi connectivity index (χ2v) is 5.95. The number of halogens is 1. The van der Waals surface area contributed by atoms with Crippen LogP contribution in [-0.4, -0.2) is 5.97 Å². The smallest absolute Gasteiger partial charge is 0.343 e. The van der Waals surface area contributed by atoms with Crippen molar-refractivity contribution in [2.45, 2.75) is 12.8 Å². The lowest BCUT2D eigenvalue weighted by molar-refractivity contribution is 0.0734. The summed E-state index contributed by atoms with van der Waals surface area (Å²) in [6, 6.07) is 21.0. The van der Waals surface area contributed by atoms with Crippen LogP contribution >= 0.6 is 0 Å². The molecule has 0 aliphatic heterocycles. The predicted octanol–water partition coefficient (Wildman–Crippen LogP) is 5.83. The summed E-state index contributed by atoms with van der Waals surface area (Å²) < 4.78 is 18.1. The Bertz CT molecular complexity index is 879. The third kappa shape index (κ3) is 4.45. The van der Waals surface area contributed by atoms with Gasteiger partial charge in [-0.3, -0.25) is 0 Å². The second kappa shape index (κ2) is 8.26. The highest BCUT2D eigenvalue weighted by atomic mass is 19.1. The highest BCUT2D eigenvalue weighted by Gasteiger charge is 2.09. The molecule has 0 unspecified atom stereocenters. The van der Waals surface area contributed by atoms with Crippen LogP contribution in [0.15, 0.2) is 85.5 Å². The molecular weight excluding hydrogens is 327 g/mol. The van der Waals surface area contributed by atoms with Crippen LogP contribution in [0.1, 0.15) is 22.3 Å². The van der Waals surface area contributed by atoms with Crippen LogP contribution in [0.4, 0.5) is 4.39 Å². The van der Waals surface area contributed by atoms with Crippen molar-refractivity contribution in [3.05, 3.63) is 102 Å². The molecule has 0 saturated carbocycles. The topological polar surface area (TPSA) is 26.3 Å². The molecule has 0 spiro atoms. The minimum absolute atomic E-state index is 0.315. The molecule has 3 rings (SSSR count). The molecule has 0 aromatic heterocycles. The highest BCUT2D eigenvalue weighted by molar-refractivity contribution is 5.91. The van der Waals surface area contributed by atoms with E-state index in [1.807, 2.05) is 18.2 Å². The lowest BCUT2D eigenvalue weighted by Gasteiger charge is -2.07. The van der Waals surface area contributed by atoms with Crippen LogP contribution in [0, 0.1) is 5.82 Å². The Morgan fingerprint density at radius 3 is 2.04 bits per heavy atom. The van der Waals surface area contributed by atoms with E-state index in [9.17, 15) is 9.18 Å². The predicted molar refractivity (Wildman–Crippen MR) is 102 cm³/mol. The molecule has 0 aliphatic rings. The van der Waals surface area contributed by atoms with Crippen LogP contribution in [0.5, 0.6) is 5.75 Å². The number of hydrogen-bond acceptors (Lipinski definition) is 2. The number of benzene rings is 3. The number of allylic oxidation sites excluding steroid dienone is 1. The van der Waals surface area contributed by atoms with E-state index in [0.29, 0.717) is 11.3 Å². The van der Waals surface area contributed by atoms with Gasteiger partial charge < -0.3 is 4.74 Å². The van der Waals surface area contributed by atoms with E-state index in [0.717, 1.165) is 24.0 Å². The molecular formula is C23H19FO2. The van der Waals surface area contributed by atoms with Gasteiger partial charge in [0.25, 0.3) is 0 Å². The van der Waals surface area contributed by atoms with E-state index < -0.39 is 5.97 Å². The van der Waals surface area contributed by atoms with E-state index in [2.05, 4.69) is 30.8 Å². The summed E-state index contributed by atoms with van der Waals surface area (Å²) in [6.07, 6.45) is 3.86. The molecule has 0 fully saturated rings. The molecule has 0 heterocycles. The molecule has 3 heteroatoms. The Morgan fingerprint density at radius 1 is 0.885 bits per heavy atom. The van der Waals surface area contributed by atoms with Crippen LogP contribution in [0.25, 0.3) is 11.1 Å². The van der Waals surface area contributed by atoms with Crippen molar-refractivity contribution in [2.24, 2.45) is 0 Å². The fourth-order valence-electron chi connectivity index (χ4n) is 2.60. The van der Waals surface area contributed by atoms with Crippen molar-refractivity contribution in [3.63, 3.8) is 0 Å². The van der Waals surface area contributed by atoms with Gasteiger partial charge in [-0.2, -0.15) is 0 Å². The lowest BCUT2D eigenvalue weighted by Crippen LogP contribution is -2.08. The lowest BCUT2D eigenvalue weighted by atomic mass is 10.0. The Balaban J connectivity index is 1.68. The van der Waals surface area contributed by atoms with Crippen molar-refractivity contribution in [1.29, 1.82) is 0 Å². The first kappa shape index (κ1) is 17.6. The van der Waals surface area contributed by atoms with Gasteiger partial charge >= 0.3 is 5.97 Å². The van der Waals surface area contributed by atoms with E-state index >= 15 is 0 Å². The summed E-state index contributed by atoms with van der Waals surface area (Å²) in [4.78, 5) is 12.2. The van der Waals surface area contributed by atoms with Gasteiger partial charge in [-0.05, 0) is 65.9 Å². The fourth-order valence-corrected chi connectivity index (χ4v) is 2.60. The quantitative estimate of drug-likeness (QED) is 0.319. The van der Waals surface area contributed by atoms with Crippen LogP contribution in [0.3, 0.4) is 0 Å². The molecule has 0 radical (unpaired) electrons. The zero-order valence-corrected chi connectivity index (χ0v) is 14.3. The monoisotopic (exact) mass is 346 g/mol. The van der Waals surface area contributed by atoms with Gasteiger partial charge in [-0.15, -0.1) is 6.58 Å². The van der Waals surface area contributed by atoms with E-state index in [1.54, 1.807) is 12.1 Å². The van der Waals surface area contributed by atoms with Gasteiger partial charge in [0.15, 0.2) is 0 Å². The average molecular weight is 346 g/mol. The molecule has 2 nitrogen and oxygen atoms in total. The first-order valence-corrected chi connectivity index (χ1v) is 8.44. The van der Waals surface area contributed by atoms with Gasteiger partial charge in [-0.1, -0.05) is 42.5 Å². The maximum Gasteiger partial charge on any atom is 0.343 e. The summed E-state index contributed by atoms with van der Waals surface area (Å²) in [5.41, 5.74) is 3.83. The first-order chi connectivity index (χ1) is 12.7. The van der Waals surface area contributed by atoms with E-state index in [4.69, 9.17) is 4.74 Å². The van der Waals surface area contributed by atoms with Crippen LogP contribution in [-0.2, 0) is 6.42 Å². The molecule has 0 amide bonds. The molecule has 0 saturated heterocycles. The largest absolute Gasteiger partial charge is 0.423 e. The third-order valence-electron chi connectivity index (χ3n) is 4.07. The number of aryl methyl sites for hydroxylation is 1. The van der Waals surface area contributed by atoms with E-state index in [-0.39, 0.29) is 5.82 Å². The molecule has 0 bridgehead atoms. The molecule has 3 aromatic rings. The fraction of sp³-hybridized carbons (Fsp3) is 0.0870. The van der Waals surface area contributed by atoms with Crippen molar-refractivity contribution in [2.75, 3.05) is 0 Å². The maximum absolute atomic E-state index is 12.9. The van der Waals surface area contributed by atoms with E-state index in [1.165, 1.54) is 29.8 Å². The number of carbonyl (C=O) groups is 1. The molecule has 0 N–H and O–H groups in total. The molecule has 26 heavy (non-hydrogen) atoms. The Kier molecular flexibility index (Phi) is 5.59. The first-order valence-electron chi connectivity index (χ1n) is 8.44. The Hall–Kier alpha value is -3.20. The summed E-state index contributed by atoms with van der Waals surface area (Å²) >= 11 is 0. The minimum atomic E-state index is -0.470. The van der Waals surface area contributed by atoms with Gasteiger partial charge in [0.2, 0.25) is 0 Å². The minimum Gasteiger partial charge on any atom is -0.423 e. The van der Waals surface area contributed by atoms with Crippen molar-refractivity contribution in [3.8, 4) is 16.9 Å². The standard InChI is InChI=1S/C23H19FO2/c1-2-3-4-17-5-7-18(8-6-17)19-9-11-20(12-10-19)23(25)26-22-15-13-21(24)14-16-22/h2,5-16H,1,3-4H2. The Morgan fingerprint density at radius 2 is 1.46 bits per heavy atom. The van der Waals surface area contributed by atoms with Crippen molar-refractivity contribution in [1.82, 2.24) is 0 Å². The Labute approximate surface area is 152 Å². The number of hydrogen-bond donors (Lipinski definition) is 0. The average Bonchev–Trinajstić information content (AvgIpc) is 2.68. The number of rotatable bonds is 6. The molecule has 3 aromatic carbocycles. The van der Waals surface area contributed by atoms with Gasteiger partial charge in [0.1, 0.15) is 11.6 Å². The molecule has 0 aliphatic carbocycles. The van der Waals surface area contributed by atoms with Gasteiger partial charge in [-0.25, -0.2) is 9.18 Å². The summed E-state index contributed by atoms with van der Waals surface area (Å²) in [5, 5.41) is 0. The van der Waals surface area contributed by atoms with Crippen molar-refractivity contribution < 1.29 is 13.9 Å². The van der Waals surface area contributed by atoms with Crippen molar-refractivity contribution >= 4 is 5.97 Å².